The van der Waals surface area contributed by atoms with Gasteiger partial charge in [0.2, 0.25) is 0 Å². The molecule has 0 unspecified atom stereocenters. The highest BCUT2D eigenvalue weighted by atomic mass is 14.4. The van der Waals surface area contributed by atoms with E-state index >= 15 is 0 Å². The van der Waals surface area contributed by atoms with E-state index in [9.17, 15) is 0 Å². The summed E-state index contributed by atoms with van der Waals surface area (Å²) in [5.74, 6) is 0. The van der Waals surface area contributed by atoms with Crippen molar-refractivity contribution in [1.29, 1.82) is 0 Å². The summed E-state index contributed by atoms with van der Waals surface area (Å²) in [5, 5.41) is 10.9. The summed E-state index contributed by atoms with van der Waals surface area (Å²) < 4.78 is 0. The van der Waals surface area contributed by atoms with Crippen molar-refractivity contribution in [2.45, 2.75) is 105 Å². The van der Waals surface area contributed by atoms with E-state index in [1.165, 1.54) is 54.2 Å². The van der Waals surface area contributed by atoms with E-state index in [2.05, 4.69) is 144 Å². The predicted molar refractivity (Wildman–Crippen MR) is 171 cm³/mol. The van der Waals surface area contributed by atoms with Crippen LogP contribution in [0, 0.1) is 0 Å². The molecule has 0 saturated heterocycles. The normalized spacial score (nSPS) is 13.8. The minimum Gasteiger partial charge on any atom is -0.0616 e. The van der Waals surface area contributed by atoms with E-state index in [1.54, 1.807) is 11.1 Å². The van der Waals surface area contributed by atoms with Crippen LogP contribution in [0.2, 0.25) is 0 Å². The lowest BCUT2D eigenvalue weighted by Gasteiger charge is -2.42. The zero-order valence-electron chi connectivity index (χ0n) is 25.8. The number of hydrogen-bond acceptors (Lipinski definition) is 0. The topological polar surface area (TPSA) is 0 Å². The lowest BCUT2D eigenvalue weighted by atomic mass is 9.62. The standard InChI is InChI=1S/C38H46/c1-35(2,3)31-29-21-27-25-19-15-13-17-23(25)24-18-14-16-20-26(24)28(27)22-30(29)32(36(4,5)6)34(38(10,11)12)33(31)37(7,8)9/h13-22H,1-12H3. The third kappa shape index (κ3) is 4.12. The van der Waals surface area contributed by atoms with Crippen molar-refractivity contribution >= 4 is 43.1 Å². The van der Waals surface area contributed by atoms with Gasteiger partial charge in [0.05, 0.1) is 0 Å². The van der Waals surface area contributed by atoms with E-state index in [-0.39, 0.29) is 21.7 Å². The van der Waals surface area contributed by atoms with Crippen LogP contribution in [-0.4, -0.2) is 0 Å². The molecule has 0 N–H and O–H groups in total. The Kier molecular flexibility index (Phi) is 5.85. The Morgan fingerprint density at radius 2 is 0.526 bits per heavy atom. The Morgan fingerprint density at radius 1 is 0.289 bits per heavy atom. The van der Waals surface area contributed by atoms with Crippen LogP contribution in [0.4, 0.5) is 0 Å². The van der Waals surface area contributed by atoms with Crippen LogP contribution in [0.3, 0.4) is 0 Å². The highest BCUT2D eigenvalue weighted by Gasteiger charge is 2.38. The second-order valence-corrected chi connectivity index (χ2v) is 15.5. The van der Waals surface area contributed by atoms with E-state index in [1.807, 2.05) is 0 Å². The Bertz CT molecular complexity index is 1590. The van der Waals surface area contributed by atoms with Gasteiger partial charge in [0, 0.05) is 0 Å². The summed E-state index contributed by atoms with van der Waals surface area (Å²) in [7, 11) is 0. The Labute approximate surface area is 230 Å². The molecule has 0 radical (unpaired) electrons. The van der Waals surface area contributed by atoms with Crippen molar-refractivity contribution in [3.05, 3.63) is 82.9 Å². The fourth-order valence-electron chi connectivity index (χ4n) is 6.94. The molecule has 38 heavy (non-hydrogen) atoms. The third-order valence-electron chi connectivity index (χ3n) is 8.17. The quantitative estimate of drug-likeness (QED) is 0.146. The highest BCUT2D eigenvalue weighted by molar-refractivity contribution is 6.27. The first-order valence-electron chi connectivity index (χ1n) is 14.3. The van der Waals surface area contributed by atoms with Gasteiger partial charge >= 0.3 is 0 Å². The molecule has 0 amide bonds. The van der Waals surface area contributed by atoms with Crippen LogP contribution >= 0.6 is 0 Å². The van der Waals surface area contributed by atoms with Gasteiger partial charge in [0.15, 0.2) is 0 Å². The van der Waals surface area contributed by atoms with E-state index in [0.717, 1.165) is 0 Å². The molecule has 0 aliphatic carbocycles. The van der Waals surface area contributed by atoms with Gasteiger partial charge in [-0.3, -0.25) is 0 Å². The Balaban J connectivity index is 2.22. The molecule has 0 saturated carbocycles. The van der Waals surface area contributed by atoms with Crippen molar-refractivity contribution in [1.82, 2.24) is 0 Å². The molecule has 0 aromatic heterocycles. The molecule has 5 rings (SSSR count). The second-order valence-electron chi connectivity index (χ2n) is 15.5. The van der Waals surface area contributed by atoms with Crippen molar-refractivity contribution in [2.75, 3.05) is 0 Å². The maximum atomic E-state index is 2.55. The van der Waals surface area contributed by atoms with Crippen LogP contribution < -0.4 is 0 Å². The van der Waals surface area contributed by atoms with E-state index < -0.39 is 0 Å². The van der Waals surface area contributed by atoms with Gasteiger partial charge in [0.25, 0.3) is 0 Å². The molecule has 0 fully saturated rings. The summed E-state index contributed by atoms with van der Waals surface area (Å²) in [5.41, 5.74) is 6.13. The van der Waals surface area contributed by atoms with Gasteiger partial charge in [-0.05, 0) is 99.1 Å². The first-order valence-corrected chi connectivity index (χ1v) is 14.3. The Morgan fingerprint density at radius 3 is 0.763 bits per heavy atom. The average molecular weight is 503 g/mol. The van der Waals surface area contributed by atoms with Gasteiger partial charge < -0.3 is 0 Å². The molecule has 198 valence electrons. The summed E-state index contributed by atoms with van der Waals surface area (Å²) in [6.07, 6.45) is 0. The monoisotopic (exact) mass is 502 g/mol. The van der Waals surface area contributed by atoms with E-state index in [0.29, 0.717) is 0 Å². The van der Waals surface area contributed by atoms with Crippen LogP contribution in [0.25, 0.3) is 43.1 Å². The molecule has 0 nitrogen and oxygen atoms in total. The smallest absolute Gasteiger partial charge is 0.00925 e. The number of hydrogen-bond donors (Lipinski definition) is 0. The zero-order chi connectivity index (χ0) is 28.0. The van der Waals surface area contributed by atoms with Gasteiger partial charge in [-0.25, -0.2) is 0 Å². The predicted octanol–water partition coefficient (Wildman–Crippen LogP) is 11.5. The minimum absolute atomic E-state index is 0.00237. The molecule has 0 spiro atoms. The van der Waals surface area contributed by atoms with Crippen LogP contribution in [-0.2, 0) is 21.7 Å². The summed E-state index contributed by atoms with van der Waals surface area (Å²) >= 11 is 0. The molecule has 5 aromatic carbocycles. The van der Waals surface area contributed by atoms with Crippen molar-refractivity contribution in [2.24, 2.45) is 0 Å². The Hall–Kier alpha value is -2.86. The second kappa shape index (κ2) is 8.32. The zero-order valence-corrected chi connectivity index (χ0v) is 25.8. The fourth-order valence-corrected chi connectivity index (χ4v) is 6.94. The first kappa shape index (κ1) is 26.7. The molecule has 0 heterocycles. The highest BCUT2D eigenvalue weighted by Crippen LogP contribution is 2.51. The van der Waals surface area contributed by atoms with Gasteiger partial charge in [-0.2, -0.15) is 0 Å². The maximum Gasteiger partial charge on any atom is -0.00925 e. The van der Waals surface area contributed by atoms with Crippen LogP contribution in [0.15, 0.2) is 60.7 Å². The fraction of sp³-hybridized carbons (Fsp3) is 0.421. The molecule has 0 atom stereocenters. The summed E-state index contributed by atoms with van der Waals surface area (Å²) in [6.45, 7) is 28.9. The van der Waals surface area contributed by atoms with Crippen molar-refractivity contribution in [3.8, 4) is 0 Å². The molecule has 0 aliphatic rings. The lowest BCUT2D eigenvalue weighted by Crippen LogP contribution is -2.32. The molecule has 5 aromatic rings. The third-order valence-corrected chi connectivity index (χ3v) is 8.17. The number of rotatable bonds is 0. The average Bonchev–Trinajstić information content (AvgIpc) is 2.79. The molecular formula is C38H46. The molecule has 0 heteroatoms. The van der Waals surface area contributed by atoms with Gasteiger partial charge in [0.1, 0.15) is 0 Å². The largest absolute Gasteiger partial charge is 0.0616 e. The van der Waals surface area contributed by atoms with Crippen molar-refractivity contribution < 1.29 is 0 Å². The maximum absolute atomic E-state index is 2.55. The molecule has 0 aliphatic heterocycles. The van der Waals surface area contributed by atoms with Crippen LogP contribution in [0.5, 0.6) is 0 Å². The molecule has 0 bridgehead atoms. The number of fused-ring (bicyclic) bond motifs is 7. The van der Waals surface area contributed by atoms with Crippen LogP contribution in [0.1, 0.15) is 105 Å². The lowest BCUT2D eigenvalue weighted by molar-refractivity contribution is 0.482. The SMILES string of the molecule is CC(C)(C)c1c(C(C)(C)C)c(C(C)(C)C)c2cc3c4ccccc4c4ccccc4c3cc2c1C(C)(C)C. The summed E-state index contributed by atoms with van der Waals surface area (Å²) in [6, 6.07) is 23.0. The van der Waals surface area contributed by atoms with Gasteiger partial charge in [-0.1, -0.05) is 132 Å². The van der Waals surface area contributed by atoms with Crippen molar-refractivity contribution in [3.63, 3.8) is 0 Å². The van der Waals surface area contributed by atoms with E-state index in [4.69, 9.17) is 0 Å². The van der Waals surface area contributed by atoms with Gasteiger partial charge in [-0.15, -0.1) is 0 Å². The minimum atomic E-state index is -0.00237. The number of benzene rings is 5. The first-order chi connectivity index (χ1) is 17.4. The molecular weight excluding hydrogens is 456 g/mol. The summed E-state index contributed by atoms with van der Waals surface area (Å²) in [4.78, 5) is 0.